The summed E-state index contributed by atoms with van der Waals surface area (Å²) < 4.78 is 64.8. The third kappa shape index (κ3) is 1.37. The van der Waals surface area contributed by atoms with Gasteiger partial charge in [-0.15, -0.1) is 0 Å². The van der Waals surface area contributed by atoms with Gasteiger partial charge in [0.1, 0.15) is 0 Å². The molecule has 0 aliphatic carbocycles. The van der Waals surface area contributed by atoms with E-state index < -0.39 is 34.6 Å². The molecule has 1 nitrogen and oxygen atoms in total. The van der Waals surface area contributed by atoms with Crippen molar-refractivity contribution in [2.24, 2.45) is 0 Å². The molecule has 0 amide bonds. The number of hydrogen-bond acceptors (Lipinski definition) is 0. The fraction of sp³-hybridized carbons (Fsp3) is 0. The van der Waals surface area contributed by atoms with Crippen LogP contribution in [0, 0.1) is 29.1 Å². The molecule has 0 aliphatic heterocycles. The van der Waals surface area contributed by atoms with Crippen LogP contribution in [0.5, 0.6) is 0 Å². The zero-order chi connectivity index (χ0) is 11.9. The first-order chi connectivity index (χ1) is 7.54. The Morgan fingerprint density at radius 3 is 1.69 bits per heavy atom. The van der Waals surface area contributed by atoms with Crippen LogP contribution in [-0.4, -0.2) is 4.98 Å². The summed E-state index contributed by atoms with van der Waals surface area (Å²) in [6.45, 7) is 0. The zero-order valence-electron chi connectivity index (χ0n) is 7.62. The molecule has 0 saturated carbocycles. The molecule has 0 radical (unpaired) electrons. The summed E-state index contributed by atoms with van der Waals surface area (Å²) in [6, 6.07) is 2.59. The first-order valence-electron chi connectivity index (χ1n) is 4.19. The van der Waals surface area contributed by atoms with Crippen molar-refractivity contribution < 1.29 is 22.0 Å². The van der Waals surface area contributed by atoms with Crippen LogP contribution in [0.3, 0.4) is 0 Å². The van der Waals surface area contributed by atoms with Crippen LogP contribution >= 0.6 is 0 Å². The minimum Gasteiger partial charge on any atom is -0.361 e. The van der Waals surface area contributed by atoms with Gasteiger partial charge in [0.2, 0.25) is 5.82 Å². The largest absolute Gasteiger partial charge is 0.361 e. The summed E-state index contributed by atoms with van der Waals surface area (Å²) in [6.07, 6.45) is 1.31. The highest BCUT2D eigenvalue weighted by Gasteiger charge is 2.26. The second-order valence-corrected chi connectivity index (χ2v) is 3.03. The number of aromatic amines is 1. The van der Waals surface area contributed by atoms with E-state index in [1.54, 1.807) is 0 Å². The average Bonchev–Trinajstić information content (AvgIpc) is 2.77. The number of rotatable bonds is 1. The molecule has 84 valence electrons. The van der Waals surface area contributed by atoms with E-state index in [4.69, 9.17) is 0 Å². The molecular weight excluding hydrogens is 229 g/mol. The molecule has 0 saturated heterocycles. The molecule has 1 heterocycles. The van der Waals surface area contributed by atoms with Gasteiger partial charge >= 0.3 is 0 Å². The minimum atomic E-state index is -2.16. The highest BCUT2D eigenvalue weighted by Crippen LogP contribution is 2.30. The number of aromatic nitrogens is 1. The van der Waals surface area contributed by atoms with Crippen molar-refractivity contribution in [1.29, 1.82) is 0 Å². The maximum atomic E-state index is 13.2. The lowest BCUT2D eigenvalue weighted by molar-refractivity contribution is 0.381. The Hall–Kier alpha value is -1.85. The van der Waals surface area contributed by atoms with Gasteiger partial charge in [-0.3, -0.25) is 0 Å². The van der Waals surface area contributed by atoms with E-state index in [9.17, 15) is 22.0 Å². The third-order valence-electron chi connectivity index (χ3n) is 2.08. The predicted octanol–water partition coefficient (Wildman–Crippen LogP) is 3.38. The lowest BCUT2D eigenvalue weighted by atomic mass is 10.1. The van der Waals surface area contributed by atoms with Crippen LogP contribution in [0.25, 0.3) is 11.3 Å². The van der Waals surface area contributed by atoms with Crippen molar-refractivity contribution in [2.75, 3.05) is 0 Å². The highest BCUT2D eigenvalue weighted by molar-refractivity contribution is 5.61. The van der Waals surface area contributed by atoms with Gasteiger partial charge in [0.25, 0.3) is 0 Å². The van der Waals surface area contributed by atoms with Crippen LogP contribution < -0.4 is 0 Å². The Bertz CT molecular complexity index is 504. The quantitative estimate of drug-likeness (QED) is 0.441. The summed E-state index contributed by atoms with van der Waals surface area (Å²) in [4.78, 5) is 2.37. The topological polar surface area (TPSA) is 15.8 Å². The predicted molar refractivity (Wildman–Crippen MR) is 46.0 cm³/mol. The van der Waals surface area contributed by atoms with Gasteiger partial charge in [-0.25, -0.2) is 22.0 Å². The molecule has 1 aromatic heterocycles. The molecule has 6 heteroatoms. The molecule has 0 fully saturated rings. The molecule has 0 spiro atoms. The molecule has 16 heavy (non-hydrogen) atoms. The molecule has 2 rings (SSSR count). The van der Waals surface area contributed by atoms with Crippen molar-refractivity contribution in [1.82, 2.24) is 4.98 Å². The summed E-state index contributed by atoms with van der Waals surface area (Å²) in [5.74, 6) is -9.77. The van der Waals surface area contributed by atoms with Crippen molar-refractivity contribution in [3.63, 3.8) is 0 Å². The standard InChI is InChI=1S/C10H4F5N/c11-6-5(4-2-1-3-16-4)7(12)9(14)10(15)8(6)13/h1-3,16H. The van der Waals surface area contributed by atoms with Crippen molar-refractivity contribution in [3.05, 3.63) is 47.4 Å². The van der Waals surface area contributed by atoms with E-state index in [0.717, 1.165) is 0 Å². The van der Waals surface area contributed by atoms with Gasteiger partial charge in [0, 0.05) is 6.20 Å². The minimum absolute atomic E-state index is 0.173. The van der Waals surface area contributed by atoms with E-state index in [0.29, 0.717) is 0 Å². The molecule has 1 N–H and O–H groups in total. The van der Waals surface area contributed by atoms with Crippen molar-refractivity contribution >= 4 is 0 Å². The number of nitrogens with one attached hydrogen (secondary N) is 1. The third-order valence-corrected chi connectivity index (χ3v) is 2.08. The van der Waals surface area contributed by atoms with Crippen LogP contribution in [-0.2, 0) is 0 Å². The van der Waals surface area contributed by atoms with Crippen molar-refractivity contribution in [3.8, 4) is 11.3 Å². The molecule has 0 bridgehead atoms. The second-order valence-electron chi connectivity index (χ2n) is 3.03. The van der Waals surface area contributed by atoms with Gasteiger partial charge in [-0.1, -0.05) is 0 Å². The van der Waals surface area contributed by atoms with E-state index in [2.05, 4.69) is 4.98 Å². The Kier molecular flexibility index (Phi) is 2.41. The van der Waals surface area contributed by atoms with Gasteiger partial charge in [-0.05, 0) is 12.1 Å². The molecule has 0 atom stereocenters. The molecule has 0 aliphatic rings. The molecule has 1 aromatic carbocycles. The van der Waals surface area contributed by atoms with E-state index in [1.165, 1.54) is 18.3 Å². The molecule has 0 unspecified atom stereocenters. The van der Waals surface area contributed by atoms with Crippen LogP contribution in [0.1, 0.15) is 0 Å². The highest BCUT2D eigenvalue weighted by atomic mass is 19.2. The normalized spacial score (nSPS) is 10.8. The van der Waals surface area contributed by atoms with Crippen molar-refractivity contribution in [2.45, 2.75) is 0 Å². The fourth-order valence-electron chi connectivity index (χ4n) is 1.33. The van der Waals surface area contributed by atoms with Gasteiger partial charge in [0.05, 0.1) is 11.3 Å². The lowest BCUT2D eigenvalue weighted by Crippen LogP contribution is -2.04. The number of H-pyrrole nitrogens is 1. The molecular formula is C10H4F5N. The van der Waals surface area contributed by atoms with Crippen LogP contribution in [0.15, 0.2) is 18.3 Å². The summed E-state index contributed by atoms with van der Waals surface area (Å²) >= 11 is 0. The van der Waals surface area contributed by atoms with Gasteiger partial charge in [-0.2, -0.15) is 0 Å². The van der Waals surface area contributed by atoms with E-state index in [1.807, 2.05) is 0 Å². The SMILES string of the molecule is Fc1c(F)c(F)c(-c2ccc[nH]2)c(F)c1F. The number of benzene rings is 1. The number of halogens is 5. The Morgan fingerprint density at radius 1 is 0.750 bits per heavy atom. The smallest absolute Gasteiger partial charge is 0.200 e. The lowest BCUT2D eigenvalue weighted by Gasteiger charge is -2.06. The maximum absolute atomic E-state index is 13.2. The first kappa shape index (κ1) is 10.7. The Balaban J connectivity index is 2.81. The first-order valence-corrected chi connectivity index (χ1v) is 4.19. The van der Waals surface area contributed by atoms with Gasteiger partial charge in [0.15, 0.2) is 23.3 Å². The van der Waals surface area contributed by atoms with Crippen LogP contribution in [0.4, 0.5) is 22.0 Å². The fourth-order valence-corrected chi connectivity index (χ4v) is 1.33. The Morgan fingerprint density at radius 2 is 1.25 bits per heavy atom. The maximum Gasteiger partial charge on any atom is 0.200 e. The summed E-state index contributed by atoms with van der Waals surface area (Å²) in [5, 5.41) is 0. The van der Waals surface area contributed by atoms with Crippen LogP contribution in [0.2, 0.25) is 0 Å². The van der Waals surface area contributed by atoms with E-state index >= 15 is 0 Å². The Labute approximate surface area is 86.5 Å². The molecule has 2 aromatic rings. The second kappa shape index (κ2) is 3.62. The zero-order valence-corrected chi connectivity index (χ0v) is 7.62. The van der Waals surface area contributed by atoms with Gasteiger partial charge < -0.3 is 4.98 Å². The van der Waals surface area contributed by atoms with E-state index in [-0.39, 0.29) is 5.69 Å². The summed E-state index contributed by atoms with van der Waals surface area (Å²) in [7, 11) is 0. The summed E-state index contributed by atoms with van der Waals surface area (Å²) in [5.41, 5.74) is -1.13. The monoisotopic (exact) mass is 233 g/mol. The number of hydrogen-bond donors (Lipinski definition) is 1. The average molecular weight is 233 g/mol.